The summed E-state index contributed by atoms with van der Waals surface area (Å²) in [7, 11) is 3.21. The molecule has 22 heavy (non-hydrogen) atoms. The smallest absolute Gasteiger partial charge is 0.412 e. The van der Waals surface area contributed by atoms with Gasteiger partial charge >= 0.3 is 6.09 Å². The first-order valence-electron chi connectivity index (χ1n) is 7.19. The second kappa shape index (κ2) is 8.73. The monoisotopic (exact) mass is 310 g/mol. The molecule has 1 amide bonds. The summed E-state index contributed by atoms with van der Waals surface area (Å²) in [4.78, 5) is 11.7. The molecule has 1 rings (SSSR count). The van der Waals surface area contributed by atoms with Crippen molar-refractivity contribution in [1.82, 2.24) is 5.32 Å². The number of nitrogens with one attached hydrogen (secondary N) is 2. The van der Waals surface area contributed by atoms with E-state index in [9.17, 15) is 4.79 Å². The SMILES string of the molecule is COC(CNCc1ccc(NC(=O)OC(C)(C)C)cc1)OC. The van der Waals surface area contributed by atoms with Crippen molar-refractivity contribution in [1.29, 1.82) is 0 Å². The lowest BCUT2D eigenvalue weighted by molar-refractivity contribution is -0.0989. The van der Waals surface area contributed by atoms with E-state index in [1.165, 1.54) is 0 Å². The Bertz CT molecular complexity index is 450. The van der Waals surface area contributed by atoms with Crippen molar-refractivity contribution in [3.8, 4) is 0 Å². The van der Waals surface area contributed by atoms with Crippen LogP contribution < -0.4 is 10.6 Å². The average Bonchev–Trinajstić information content (AvgIpc) is 2.43. The lowest BCUT2D eigenvalue weighted by Crippen LogP contribution is -2.29. The molecule has 0 heterocycles. The number of ether oxygens (including phenoxy) is 3. The third-order valence-corrected chi connectivity index (χ3v) is 2.77. The zero-order valence-electron chi connectivity index (χ0n) is 13.9. The maximum absolute atomic E-state index is 11.7. The van der Waals surface area contributed by atoms with Crippen LogP contribution in [-0.2, 0) is 20.8 Å². The predicted octanol–water partition coefficient (Wildman–Crippen LogP) is 2.74. The van der Waals surface area contributed by atoms with Gasteiger partial charge in [0, 0.05) is 33.0 Å². The zero-order valence-corrected chi connectivity index (χ0v) is 13.9. The Hall–Kier alpha value is -1.63. The summed E-state index contributed by atoms with van der Waals surface area (Å²) in [6.07, 6.45) is -0.713. The van der Waals surface area contributed by atoms with Crippen molar-refractivity contribution < 1.29 is 19.0 Å². The summed E-state index contributed by atoms with van der Waals surface area (Å²) in [6, 6.07) is 7.55. The van der Waals surface area contributed by atoms with Crippen LogP contribution in [0.2, 0.25) is 0 Å². The number of hydrogen-bond donors (Lipinski definition) is 2. The first kappa shape index (κ1) is 18.4. The summed E-state index contributed by atoms with van der Waals surface area (Å²) in [5.41, 5.74) is 1.29. The van der Waals surface area contributed by atoms with E-state index >= 15 is 0 Å². The first-order chi connectivity index (χ1) is 10.3. The predicted molar refractivity (Wildman–Crippen MR) is 85.8 cm³/mol. The molecule has 124 valence electrons. The van der Waals surface area contributed by atoms with Gasteiger partial charge < -0.3 is 19.5 Å². The molecule has 1 aromatic carbocycles. The van der Waals surface area contributed by atoms with Crippen LogP contribution in [0.15, 0.2) is 24.3 Å². The molecule has 2 N–H and O–H groups in total. The van der Waals surface area contributed by atoms with Gasteiger partial charge in [0.1, 0.15) is 5.60 Å². The highest BCUT2D eigenvalue weighted by Crippen LogP contribution is 2.13. The van der Waals surface area contributed by atoms with E-state index in [2.05, 4.69) is 10.6 Å². The van der Waals surface area contributed by atoms with Crippen LogP contribution in [0.3, 0.4) is 0 Å². The maximum atomic E-state index is 11.7. The van der Waals surface area contributed by atoms with Crippen molar-refractivity contribution >= 4 is 11.8 Å². The topological polar surface area (TPSA) is 68.8 Å². The van der Waals surface area contributed by atoms with Gasteiger partial charge in [-0.15, -0.1) is 0 Å². The molecule has 0 aromatic heterocycles. The lowest BCUT2D eigenvalue weighted by Gasteiger charge is -2.19. The van der Waals surface area contributed by atoms with Gasteiger partial charge in [0.05, 0.1) is 0 Å². The lowest BCUT2D eigenvalue weighted by atomic mass is 10.2. The van der Waals surface area contributed by atoms with E-state index in [4.69, 9.17) is 14.2 Å². The second-order valence-corrected chi connectivity index (χ2v) is 5.86. The Labute approximate surface area is 132 Å². The van der Waals surface area contributed by atoms with Crippen molar-refractivity contribution in [3.63, 3.8) is 0 Å². The quantitative estimate of drug-likeness (QED) is 0.758. The van der Waals surface area contributed by atoms with Gasteiger partial charge in [0.25, 0.3) is 0 Å². The molecule has 0 atom stereocenters. The number of amides is 1. The maximum Gasteiger partial charge on any atom is 0.412 e. The molecule has 0 aliphatic carbocycles. The molecule has 6 heteroatoms. The summed E-state index contributed by atoms with van der Waals surface area (Å²) in [5.74, 6) is 0. The summed E-state index contributed by atoms with van der Waals surface area (Å²) < 4.78 is 15.4. The van der Waals surface area contributed by atoms with Gasteiger partial charge in [-0.05, 0) is 38.5 Å². The van der Waals surface area contributed by atoms with Gasteiger partial charge in [-0.3, -0.25) is 5.32 Å². The van der Waals surface area contributed by atoms with E-state index in [1.807, 2.05) is 45.0 Å². The normalized spacial score (nSPS) is 11.5. The Morgan fingerprint density at radius 3 is 2.23 bits per heavy atom. The highest BCUT2D eigenvalue weighted by atomic mass is 16.7. The summed E-state index contributed by atoms with van der Waals surface area (Å²) in [6.45, 7) is 6.78. The third-order valence-electron chi connectivity index (χ3n) is 2.77. The van der Waals surface area contributed by atoms with Crippen LogP contribution in [0.1, 0.15) is 26.3 Å². The minimum Gasteiger partial charge on any atom is -0.444 e. The highest BCUT2D eigenvalue weighted by molar-refractivity contribution is 5.84. The van der Waals surface area contributed by atoms with Crippen LogP contribution in [0, 0.1) is 0 Å². The number of anilines is 1. The summed E-state index contributed by atoms with van der Waals surface area (Å²) >= 11 is 0. The van der Waals surface area contributed by atoms with Crippen molar-refractivity contribution in [2.75, 3.05) is 26.1 Å². The molecule has 0 aliphatic rings. The number of benzene rings is 1. The fourth-order valence-corrected chi connectivity index (χ4v) is 1.72. The van der Waals surface area contributed by atoms with Crippen molar-refractivity contribution in [2.24, 2.45) is 0 Å². The third kappa shape index (κ3) is 7.40. The van der Waals surface area contributed by atoms with Crippen LogP contribution in [0.25, 0.3) is 0 Å². The molecule has 0 aliphatic heterocycles. The Morgan fingerprint density at radius 1 is 1.14 bits per heavy atom. The average molecular weight is 310 g/mol. The largest absolute Gasteiger partial charge is 0.444 e. The van der Waals surface area contributed by atoms with Crippen LogP contribution in [-0.4, -0.2) is 38.7 Å². The molecule has 6 nitrogen and oxygen atoms in total. The molecule has 0 fully saturated rings. The minimum atomic E-state index is -0.507. The number of carbonyl (C=O) groups is 1. The van der Waals surface area contributed by atoms with Gasteiger partial charge in [0.15, 0.2) is 6.29 Å². The molecule has 0 radical (unpaired) electrons. The van der Waals surface area contributed by atoms with E-state index in [-0.39, 0.29) is 6.29 Å². The molecular formula is C16H26N2O4. The Kier molecular flexibility index (Phi) is 7.31. The van der Waals surface area contributed by atoms with Crippen LogP contribution in [0.4, 0.5) is 10.5 Å². The fraction of sp³-hybridized carbons (Fsp3) is 0.562. The zero-order chi connectivity index (χ0) is 16.6. The van der Waals surface area contributed by atoms with Gasteiger partial charge in [-0.2, -0.15) is 0 Å². The van der Waals surface area contributed by atoms with Gasteiger partial charge in [-0.25, -0.2) is 4.79 Å². The number of methoxy groups -OCH3 is 2. The summed E-state index contributed by atoms with van der Waals surface area (Å²) in [5, 5.41) is 5.93. The van der Waals surface area contributed by atoms with E-state index < -0.39 is 11.7 Å². The number of rotatable bonds is 7. The molecule has 0 saturated heterocycles. The van der Waals surface area contributed by atoms with Gasteiger partial charge in [-0.1, -0.05) is 12.1 Å². The van der Waals surface area contributed by atoms with E-state index in [0.29, 0.717) is 18.8 Å². The molecule has 0 saturated carbocycles. The van der Waals surface area contributed by atoms with Crippen LogP contribution in [0.5, 0.6) is 0 Å². The fourth-order valence-electron chi connectivity index (χ4n) is 1.72. The van der Waals surface area contributed by atoms with Crippen molar-refractivity contribution in [3.05, 3.63) is 29.8 Å². The Morgan fingerprint density at radius 2 is 1.73 bits per heavy atom. The molecule has 0 spiro atoms. The standard InChI is InChI=1S/C16H26N2O4/c1-16(2,3)22-15(19)18-13-8-6-12(7-9-13)10-17-11-14(20-4)21-5/h6-9,14,17H,10-11H2,1-5H3,(H,18,19). The van der Waals surface area contributed by atoms with Gasteiger partial charge in [0.2, 0.25) is 0 Å². The minimum absolute atomic E-state index is 0.256. The van der Waals surface area contributed by atoms with Crippen LogP contribution >= 0.6 is 0 Å². The highest BCUT2D eigenvalue weighted by Gasteiger charge is 2.16. The molecule has 1 aromatic rings. The first-order valence-corrected chi connectivity index (χ1v) is 7.19. The van der Waals surface area contributed by atoms with E-state index in [1.54, 1.807) is 14.2 Å². The number of hydrogen-bond acceptors (Lipinski definition) is 5. The van der Waals surface area contributed by atoms with E-state index in [0.717, 1.165) is 5.56 Å². The molecule has 0 bridgehead atoms. The number of carbonyl (C=O) groups excluding carboxylic acids is 1. The van der Waals surface area contributed by atoms with Crippen molar-refractivity contribution in [2.45, 2.75) is 39.2 Å². The molecular weight excluding hydrogens is 284 g/mol. The molecule has 0 unspecified atom stereocenters. The second-order valence-electron chi connectivity index (χ2n) is 5.86. The Balaban J connectivity index is 2.41.